The van der Waals surface area contributed by atoms with Crippen LogP contribution in [0.2, 0.25) is 10.0 Å². The van der Waals surface area contributed by atoms with E-state index < -0.39 is 0 Å². The van der Waals surface area contributed by atoms with E-state index in [1.54, 1.807) is 12.4 Å². The highest BCUT2D eigenvalue weighted by Gasteiger charge is 2.08. The molecule has 0 saturated heterocycles. The number of aromatic nitrogens is 2. The Morgan fingerprint density at radius 3 is 1.43 bits per heavy atom. The van der Waals surface area contributed by atoms with Gasteiger partial charge in [0.1, 0.15) is 0 Å². The molecule has 2 N–H and O–H groups in total. The molecule has 0 aliphatic heterocycles. The summed E-state index contributed by atoms with van der Waals surface area (Å²) >= 11 is 12.3. The Hall–Kier alpha value is -3.48. The Balaban J connectivity index is 1.56. The van der Waals surface area contributed by atoms with Gasteiger partial charge >= 0.3 is 0 Å². The van der Waals surface area contributed by atoms with Crippen LogP contribution in [0, 0.1) is 0 Å². The first-order valence-electron chi connectivity index (χ1n) is 9.05. The molecule has 30 heavy (non-hydrogen) atoms. The van der Waals surface area contributed by atoms with E-state index in [1.165, 1.54) is 0 Å². The van der Waals surface area contributed by atoms with Gasteiger partial charge in [-0.15, -0.1) is 10.2 Å². The zero-order chi connectivity index (χ0) is 20.8. The van der Waals surface area contributed by atoms with Crippen molar-refractivity contribution in [3.05, 3.63) is 94.0 Å². The number of rotatable bonds is 6. The van der Waals surface area contributed by atoms with E-state index >= 15 is 0 Å². The number of benzene rings is 3. The Bertz CT molecular complexity index is 1140. The SMILES string of the molecule is Clc1ccccc1/C=N\Nc1nnc(N/N=C\c2ccccc2Cl)c2ccccc12. The van der Waals surface area contributed by atoms with Crippen molar-refractivity contribution in [2.75, 3.05) is 10.9 Å². The molecular weight excluding hydrogens is 419 g/mol. The van der Waals surface area contributed by atoms with Crippen molar-refractivity contribution < 1.29 is 0 Å². The minimum Gasteiger partial charge on any atom is -0.259 e. The van der Waals surface area contributed by atoms with Crippen LogP contribution in [-0.2, 0) is 0 Å². The lowest BCUT2D eigenvalue weighted by Crippen LogP contribution is -2.01. The molecule has 0 atom stereocenters. The second-order valence-corrected chi connectivity index (χ2v) is 7.04. The smallest absolute Gasteiger partial charge is 0.176 e. The highest BCUT2D eigenvalue weighted by molar-refractivity contribution is 6.33. The zero-order valence-electron chi connectivity index (χ0n) is 15.6. The quantitative estimate of drug-likeness (QED) is 0.295. The van der Waals surface area contributed by atoms with E-state index in [0.29, 0.717) is 21.7 Å². The topological polar surface area (TPSA) is 74.6 Å². The van der Waals surface area contributed by atoms with E-state index in [1.807, 2.05) is 72.8 Å². The van der Waals surface area contributed by atoms with E-state index in [0.717, 1.165) is 21.9 Å². The standard InChI is InChI=1S/C22H16Cl2N6/c23-19-11-5-1-7-15(19)13-25-27-21-17-9-3-4-10-18(17)22(30-29-21)28-26-14-16-8-2-6-12-20(16)24/h1-14H,(H,27,29)(H,28,30)/b25-13-,26-14-. The highest BCUT2D eigenvalue weighted by atomic mass is 35.5. The summed E-state index contributed by atoms with van der Waals surface area (Å²) in [4.78, 5) is 0. The maximum absolute atomic E-state index is 6.15. The van der Waals surface area contributed by atoms with Gasteiger partial charge in [-0.05, 0) is 12.1 Å². The summed E-state index contributed by atoms with van der Waals surface area (Å²) in [5, 5.41) is 19.9. The maximum atomic E-state index is 6.15. The number of hydrazone groups is 2. The minimum absolute atomic E-state index is 0.523. The lowest BCUT2D eigenvalue weighted by molar-refractivity contribution is 1.03. The van der Waals surface area contributed by atoms with Crippen LogP contribution in [-0.4, -0.2) is 22.6 Å². The second-order valence-electron chi connectivity index (χ2n) is 6.23. The summed E-state index contributed by atoms with van der Waals surface area (Å²) in [7, 11) is 0. The van der Waals surface area contributed by atoms with Crippen molar-refractivity contribution >= 4 is 58.0 Å². The Morgan fingerprint density at radius 2 is 1.00 bits per heavy atom. The molecule has 1 aromatic heterocycles. The van der Waals surface area contributed by atoms with Crippen LogP contribution in [0.5, 0.6) is 0 Å². The van der Waals surface area contributed by atoms with Crippen LogP contribution >= 0.6 is 23.2 Å². The molecule has 4 aromatic rings. The highest BCUT2D eigenvalue weighted by Crippen LogP contribution is 2.26. The largest absolute Gasteiger partial charge is 0.259 e. The average Bonchev–Trinajstić information content (AvgIpc) is 2.77. The third-order valence-electron chi connectivity index (χ3n) is 4.25. The maximum Gasteiger partial charge on any atom is 0.176 e. The molecule has 8 heteroatoms. The average molecular weight is 435 g/mol. The summed E-state index contributed by atoms with van der Waals surface area (Å²) < 4.78 is 0. The summed E-state index contributed by atoms with van der Waals surface area (Å²) in [5.41, 5.74) is 7.47. The number of hydrogen-bond donors (Lipinski definition) is 2. The normalized spacial score (nSPS) is 11.4. The van der Waals surface area contributed by atoms with Gasteiger partial charge in [-0.1, -0.05) is 83.9 Å². The molecule has 0 aliphatic carbocycles. The van der Waals surface area contributed by atoms with E-state index in [4.69, 9.17) is 23.2 Å². The van der Waals surface area contributed by atoms with E-state index in [2.05, 4.69) is 31.3 Å². The summed E-state index contributed by atoms with van der Waals surface area (Å²) in [6.45, 7) is 0. The summed E-state index contributed by atoms with van der Waals surface area (Å²) in [5.74, 6) is 1.05. The predicted molar refractivity (Wildman–Crippen MR) is 125 cm³/mol. The fourth-order valence-corrected chi connectivity index (χ4v) is 3.12. The van der Waals surface area contributed by atoms with Crippen molar-refractivity contribution in [2.45, 2.75) is 0 Å². The number of hydrogen-bond acceptors (Lipinski definition) is 6. The fourth-order valence-electron chi connectivity index (χ4n) is 2.75. The fraction of sp³-hybridized carbons (Fsp3) is 0. The number of halogens is 2. The number of nitrogens with one attached hydrogen (secondary N) is 2. The van der Waals surface area contributed by atoms with Gasteiger partial charge in [0, 0.05) is 31.9 Å². The number of anilines is 2. The summed E-state index contributed by atoms with van der Waals surface area (Å²) in [6, 6.07) is 22.6. The Kier molecular flexibility index (Phi) is 6.17. The van der Waals surface area contributed by atoms with Gasteiger partial charge in [0.15, 0.2) is 11.6 Å². The van der Waals surface area contributed by atoms with E-state index in [9.17, 15) is 0 Å². The Labute approximate surface area is 183 Å². The van der Waals surface area contributed by atoms with Crippen molar-refractivity contribution in [2.24, 2.45) is 10.2 Å². The van der Waals surface area contributed by atoms with Crippen molar-refractivity contribution in [1.82, 2.24) is 10.2 Å². The molecule has 0 spiro atoms. The zero-order valence-corrected chi connectivity index (χ0v) is 17.1. The molecule has 0 unspecified atom stereocenters. The molecule has 0 amide bonds. The molecule has 0 bridgehead atoms. The molecule has 0 aliphatic rings. The molecular formula is C22H16Cl2N6. The van der Waals surface area contributed by atoms with Crippen LogP contribution in [0.1, 0.15) is 11.1 Å². The first-order valence-corrected chi connectivity index (χ1v) is 9.80. The third kappa shape index (κ3) is 4.56. The first-order chi connectivity index (χ1) is 14.7. The van der Waals surface area contributed by atoms with Crippen LogP contribution in [0.3, 0.4) is 0 Å². The molecule has 0 saturated carbocycles. The summed E-state index contributed by atoms with van der Waals surface area (Å²) in [6.07, 6.45) is 3.28. The Morgan fingerprint density at radius 1 is 0.600 bits per heavy atom. The first kappa shape index (κ1) is 19.8. The predicted octanol–water partition coefficient (Wildman–Crippen LogP) is 5.83. The van der Waals surface area contributed by atoms with Gasteiger partial charge in [-0.25, -0.2) is 0 Å². The van der Waals surface area contributed by atoms with Crippen LogP contribution in [0.15, 0.2) is 83.0 Å². The van der Waals surface area contributed by atoms with Gasteiger partial charge < -0.3 is 0 Å². The van der Waals surface area contributed by atoms with Gasteiger partial charge in [0.25, 0.3) is 0 Å². The van der Waals surface area contributed by atoms with Crippen molar-refractivity contribution in [1.29, 1.82) is 0 Å². The van der Waals surface area contributed by atoms with E-state index in [-0.39, 0.29) is 0 Å². The van der Waals surface area contributed by atoms with Crippen LogP contribution in [0.4, 0.5) is 11.6 Å². The molecule has 0 fully saturated rings. The number of nitrogens with zero attached hydrogens (tertiary/aromatic N) is 4. The van der Waals surface area contributed by atoms with Crippen LogP contribution < -0.4 is 10.9 Å². The number of fused-ring (bicyclic) bond motifs is 1. The monoisotopic (exact) mass is 434 g/mol. The lowest BCUT2D eigenvalue weighted by atomic mass is 10.2. The van der Waals surface area contributed by atoms with Gasteiger partial charge in [0.05, 0.1) is 12.4 Å². The minimum atomic E-state index is 0.523. The van der Waals surface area contributed by atoms with Gasteiger partial charge in [-0.2, -0.15) is 10.2 Å². The van der Waals surface area contributed by atoms with Gasteiger partial charge in [0.2, 0.25) is 0 Å². The van der Waals surface area contributed by atoms with Crippen molar-refractivity contribution in [3.63, 3.8) is 0 Å². The van der Waals surface area contributed by atoms with Crippen molar-refractivity contribution in [3.8, 4) is 0 Å². The molecule has 4 rings (SSSR count). The molecule has 3 aromatic carbocycles. The molecule has 1 heterocycles. The second kappa shape index (κ2) is 9.35. The van der Waals surface area contributed by atoms with Crippen LogP contribution in [0.25, 0.3) is 10.8 Å². The molecule has 0 radical (unpaired) electrons. The lowest BCUT2D eigenvalue weighted by Gasteiger charge is -2.08. The third-order valence-corrected chi connectivity index (χ3v) is 4.93. The molecule has 6 nitrogen and oxygen atoms in total. The molecule has 148 valence electrons. The van der Waals surface area contributed by atoms with Gasteiger partial charge in [-0.3, -0.25) is 10.9 Å².